The van der Waals surface area contributed by atoms with Crippen LogP contribution in [0, 0.1) is 0 Å². The van der Waals surface area contributed by atoms with Crippen LogP contribution in [0.25, 0.3) is 0 Å². The molecule has 1 aromatic carbocycles. The fourth-order valence-corrected chi connectivity index (χ4v) is 4.48. The molecule has 1 fully saturated rings. The lowest BCUT2D eigenvalue weighted by Gasteiger charge is -2.31. The molecule has 6 heteroatoms. The van der Waals surface area contributed by atoms with Crippen LogP contribution in [0.5, 0.6) is 0 Å². The number of halogens is 1. The van der Waals surface area contributed by atoms with Crippen molar-refractivity contribution in [2.24, 2.45) is 0 Å². The summed E-state index contributed by atoms with van der Waals surface area (Å²) in [4.78, 5) is 0.324. The minimum absolute atomic E-state index is 0.176. The Morgan fingerprint density at radius 3 is 2.55 bits per heavy atom. The van der Waals surface area contributed by atoms with Crippen molar-refractivity contribution in [3.8, 4) is 0 Å². The van der Waals surface area contributed by atoms with Crippen LogP contribution in [0.4, 0.5) is 0 Å². The number of hydrogen-bond donors (Lipinski definition) is 0. The van der Waals surface area contributed by atoms with Crippen LogP contribution in [0.2, 0.25) is 0 Å². The molecule has 0 amide bonds. The van der Waals surface area contributed by atoms with Crippen LogP contribution in [-0.2, 0) is 20.6 Å². The third kappa shape index (κ3) is 3.34. The van der Waals surface area contributed by atoms with E-state index < -0.39 is 10.0 Å². The predicted octanol–water partition coefficient (Wildman–Crippen LogP) is 2.62. The molecule has 112 valence electrons. The summed E-state index contributed by atoms with van der Waals surface area (Å²) in [7, 11) is -3.45. The average Bonchev–Trinajstić information content (AvgIpc) is 2.48. The number of hydrogen-bond acceptors (Lipinski definition) is 3. The zero-order valence-electron chi connectivity index (χ0n) is 11.6. The summed E-state index contributed by atoms with van der Waals surface area (Å²) >= 11 is 5.84. The minimum atomic E-state index is -3.45. The van der Waals surface area contributed by atoms with Crippen molar-refractivity contribution >= 4 is 21.6 Å². The van der Waals surface area contributed by atoms with E-state index in [2.05, 4.69) is 0 Å². The molecule has 1 aliphatic rings. The van der Waals surface area contributed by atoms with Crippen molar-refractivity contribution in [2.75, 3.05) is 19.7 Å². The zero-order chi connectivity index (χ0) is 14.6. The molecule has 0 radical (unpaired) electrons. The molecule has 0 aromatic heterocycles. The summed E-state index contributed by atoms with van der Waals surface area (Å²) < 4.78 is 32.4. The predicted molar refractivity (Wildman–Crippen MR) is 79.4 cm³/mol. The van der Waals surface area contributed by atoms with Gasteiger partial charge in [-0.3, -0.25) is 0 Å². The number of piperidine rings is 1. The van der Waals surface area contributed by atoms with Crippen LogP contribution in [0.3, 0.4) is 0 Å². The van der Waals surface area contributed by atoms with Gasteiger partial charge in [0, 0.05) is 25.6 Å². The van der Waals surface area contributed by atoms with Gasteiger partial charge >= 0.3 is 0 Å². The van der Waals surface area contributed by atoms with Gasteiger partial charge in [0.05, 0.1) is 11.0 Å². The second-order valence-electron chi connectivity index (χ2n) is 4.80. The Balaban J connectivity index is 2.16. The largest absolute Gasteiger partial charge is 0.378 e. The van der Waals surface area contributed by atoms with Gasteiger partial charge in [-0.15, -0.1) is 11.6 Å². The molecule has 2 rings (SSSR count). The summed E-state index contributed by atoms with van der Waals surface area (Å²) in [6.07, 6.45) is 1.67. The fraction of sp³-hybridized carbons (Fsp3) is 0.571. The molecule has 4 nitrogen and oxygen atoms in total. The molecule has 1 heterocycles. The summed E-state index contributed by atoms with van der Waals surface area (Å²) in [6.45, 7) is 3.64. The Labute approximate surface area is 125 Å². The summed E-state index contributed by atoms with van der Waals surface area (Å²) in [5.74, 6) is 0.199. The Kier molecular flexibility index (Phi) is 5.43. The Morgan fingerprint density at radius 1 is 1.30 bits per heavy atom. The number of benzene rings is 1. The number of ether oxygens (including phenoxy) is 1. The van der Waals surface area contributed by atoms with Crippen molar-refractivity contribution in [3.05, 3.63) is 29.8 Å². The van der Waals surface area contributed by atoms with Crippen LogP contribution in [0.15, 0.2) is 29.2 Å². The van der Waals surface area contributed by atoms with Gasteiger partial charge in [0.1, 0.15) is 0 Å². The van der Waals surface area contributed by atoms with Gasteiger partial charge in [0.15, 0.2) is 0 Å². The van der Waals surface area contributed by atoms with Gasteiger partial charge in [0.25, 0.3) is 0 Å². The van der Waals surface area contributed by atoms with Crippen LogP contribution >= 0.6 is 11.6 Å². The molecule has 1 aromatic rings. The average molecular weight is 318 g/mol. The van der Waals surface area contributed by atoms with Gasteiger partial charge in [0.2, 0.25) is 10.0 Å². The second-order valence-corrected chi connectivity index (χ2v) is 6.97. The van der Waals surface area contributed by atoms with E-state index >= 15 is 0 Å². The fourth-order valence-electron chi connectivity index (χ4n) is 2.48. The molecule has 0 N–H and O–H groups in total. The van der Waals surface area contributed by atoms with E-state index in [0.29, 0.717) is 30.2 Å². The molecule has 1 aliphatic heterocycles. The normalized spacial score (nSPS) is 18.3. The highest BCUT2D eigenvalue weighted by Crippen LogP contribution is 2.25. The van der Waals surface area contributed by atoms with E-state index in [1.54, 1.807) is 24.3 Å². The SMILES string of the molecule is CCOC1CCN(S(=O)(=O)c2ccccc2CCl)CC1. The van der Waals surface area contributed by atoms with Crippen molar-refractivity contribution in [1.82, 2.24) is 4.31 Å². The van der Waals surface area contributed by atoms with E-state index in [-0.39, 0.29) is 12.0 Å². The second kappa shape index (κ2) is 6.89. The standard InChI is InChI=1S/C14H20ClNO3S/c1-2-19-13-7-9-16(10-8-13)20(17,18)14-6-4-3-5-12(14)11-15/h3-6,13H,2,7-11H2,1H3. The highest BCUT2D eigenvalue weighted by Gasteiger charge is 2.30. The Hall–Kier alpha value is -0.620. The number of sulfonamides is 1. The summed E-state index contributed by atoms with van der Waals surface area (Å²) in [5.41, 5.74) is 0.654. The van der Waals surface area contributed by atoms with E-state index in [1.165, 1.54) is 4.31 Å². The van der Waals surface area contributed by atoms with Crippen LogP contribution in [0.1, 0.15) is 25.3 Å². The number of rotatable bonds is 5. The van der Waals surface area contributed by atoms with Crippen LogP contribution in [-0.4, -0.2) is 38.5 Å². The van der Waals surface area contributed by atoms with E-state index in [9.17, 15) is 8.42 Å². The first kappa shape index (κ1) is 15.8. The van der Waals surface area contributed by atoms with Gasteiger partial charge < -0.3 is 4.74 Å². The molecule has 20 heavy (non-hydrogen) atoms. The topological polar surface area (TPSA) is 46.6 Å². The minimum Gasteiger partial charge on any atom is -0.378 e. The van der Waals surface area contributed by atoms with Gasteiger partial charge in [-0.25, -0.2) is 8.42 Å². The Bertz CT molecular complexity index is 539. The maximum Gasteiger partial charge on any atom is 0.243 e. The molecule has 0 saturated carbocycles. The highest BCUT2D eigenvalue weighted by atomic mass is 35.5. The maximum atomic E-state index is 12.7. The molecule has 0 spiro atoms. The monoisotopic (exact) mass is 317 g/mol. The lowest BCUT2D eigenvalue weighted by atomic mass is 10.1. The van der Waals surface area contributed by atoms with Crippen LogP contribution < -0.4 is 0 Å². The lowest BCUT2D eigenvalue weighted by molar-refractivity contribution is 0.0290. The van der Waals surface area contributed by atoms with Crippen molar-refractivity contribution in [2.45, 2.75) is 36.6 Å². The summed E-state index contributed by atoms with van der Waals surface area (Å²) in [6, 6.07) is 6.92. The molecule has 0 atom stereocenters. The van der Waals surface area contributed by atoms with Gasteiger partial charge in [-0.2, -0.15) is 4.31 Å². The first-order valence-corrected chi connectivity index (χ1v) is 8.82. The van der Waals surface area contributed by atoms with Gasteiger partial charge in [-0.1, -0.05) is 18.2 Å². The number of nitrogens with zero attached hydrogens (tertiary/aromatic N) is 1. The molecular formula is C14H20ClNO3S. The van der Waals surface area contributed by atoms with Crippen molar-refractivity contribution in [3.63, 3.8) is 0 Å². The number of alkyl halides is 1. The third-order valence-electron chi connectivity index (χ3n) is 3.54. The molecule has 0 bridgehead atoms. The van der Waals surface area contributed by atoms with Gasteiger partial charge in [-0.05, 0) is 31.4 Å². The first-order chi connectivity index (χ1) is 9.59. The lowest BCUT2D eigenvalue weighted by Crippen LogP contribution is -2.41. The smallest absolute Gasteiger partial charge is 0.243 e. The van der Waals surface area contributed by atoms with Crippen molar-refractivity contribution < 1.29 is 13.2 Å². The molecule has 1 saturated heterocycles. The Morgan fingerprint density at radius 2 is 1.95 bits per heavy atom. The third-order valence-corrected chi connectivity index (χ3v) is 5.82. The van der Waals surface area contributed by atoms with E-state index in [1.807, 2.05) is 6.92 Å². The molecule has 0 aliphatic carbocycles. The highest BCUT2D eigenvalue weighted by molar-refractivity contribution is 7.89. The van der Waals surface area contributed by atoms with E-state index in [4.69, 9.17) is 16.3 Å². The maximum absolute atomic E-state index is 12.7. The first-order valence-electron chi connectivity index (χ1n) is 6.85. The molecule has 0 unspecified atom stereocenters. The quantitative estimate of drug-likeness (QED) is 0.784. The van der Waals surface area contributed by atoms with Crippen molar-refractivity contribution in [1.29, 1.82) is 0 Å². The zero-order valence-corrected chi connectivity index (χ0v) is 13.2. The summed E-state index contributed by atoms with van der Waals surface area (Å²) in [5, 5.41) is 0. The van der Waals surface area contributed by atoms with E-state index in [0.717, 1.165) is 12.8 Å². The molecular weight excluding hydrogens is 298 g/mol.